The zero-order chi connectivity index (χ0) is 16.2. The summed E-state index contributed by atoms with van der Waals surface area (Å²) in [7, 11) is 0. The maximum atomic E-state index is 6.37. The van der Waals surface area contributed by atoms with E-state index in [2.05, 4.69) is 58.9 Å². The normalized spacial score (nSPS) is 18.0. The van der Waals surface area contributed by atoms with Crippen LogP contribution in [0.1, 0.15) is 68.8 Å². The predicted octanol–water partition coefficient (Wildman–Crippen LogP) is 4.57. The van der Waals surface area contributed by atoms with Crippen molar-refractivity contribution in [3.05, 3.63) is 52.6 Å². The highest BCUT2D eigenvalue weighted by atomic mass is 14.7. The van der Waals surface area contributed by atoms with Gasteiger partial charge >= 0.3 is 0 Å². The molecule has 2 nitrogen and oxygen atoms in total. The van der Waals surface area contributed by atoms with Crippen LogP contribution in [0.15, 0.2) is 30.3 Å². The van der Waals surface area contributed by atoms with E-state index in [0.29, 0.717) is 5.92 Å². The van der Waals surface area contributed by atoms with E-state index in [1.165, 1.54) is 33.0 Å². The summed E-state index contributed by atoms with van der Waals surface area (Å²) in [5.41, 5.74) is 18.7. The number of benzene rings is 2. The molecular formula is C20H26N2. The van der Waals surface area contributed by atoms with Crippen molar-refractivity contribution < 1.29 is 0 Å². The van der Waals surface area contributed by atoms with E-state index in [4.69, 9.17) is 11.5 Å². The third kappa shape index (κ3) is 2.14. The van der Waals surface area contributed by atoms with Crippen molar-refractivity contribution in [1.82, 2.24) is 0 Å². The molecular weight excluding hydrogens is 268 g/mol. The minimum atomic E-state index is -0.119. The zero-order valence-electron chi connectivity index (χ0n) is 14.2. The third-order valence-corrected chi connectivity index (χ3v) is 4.66. The molecule has 22 heavy (non-hydrogen) atoms. The van der Waals surface area contributed by atoms with E-state index in [0.717, 1.165) is 5.70 Å². The first-order valence-electron chi connectivity index (χ1n) is 8.05. The van der Waals surface area contributed by atoms with E-state index in [9.17, 15) is 0 Å². The second kappa shape index (κ2) is 4.85. The van der Waals surface area contributed by atoms with Crippen molar-refractivity contribution in [2.45, 2.75) is 52.0 Å². The Kier molecular flexibility index (Phi) is 3.33. The van der Waals surface area contributed by atoms with Crippen molar-refractivity contribution in [3.8, 4) is 0 Å². The van der Waals surface area contributed by atoms with Crippen LogP contribution in [0.25, 0.3) is 16.5 Å². The van der Waals surface area contributed by atoms with Gasteiger partial charge in [0, 0.05) is 11.3 Å². The van der Waals surface area contributed by atoms with Gasteiger partial charge in [0.2, 0.25) is 0 Å². The second-order valence-corrected chi connectivity index (χ2v) is 7.71. The van der Waals surface area contributed by atoms with Gasteiger partial charge in [0.05, 0.1) is 6.04 Å². The highest BCUT2D eigenvalue weighted by molar-refractivity contribution is 6.01. The summed E-state index contributed by atoms with van der Waals surface area (Å²) in [5.74, 6) is 0.426. The lowest BCUT2D eigenvalue weighted by Crippen LogP contribution is -2.20. The quantitative estimate of drug-likeness (QED) is 0.809. The average molecular weight is 294 g/mol. The van der Waals surface area contributed by atoms with Gasteiger partial charge in [-0.25, -0.2) is 0 Å². The molecule has 1 aliphatic rings. The fourth-order valence-corrected chi connectivity index (χ4v) is 3.55. The molecule has 4 N–H and O–H groups in total. The van der Waals surface area contributed by atoms with Crippen LogP contribution in [0.3, 0.4) is 0 Å². The molecule has 0 fully saturated rings. The summed E-state index contributed by atoms with van der Waals surface area (Å²) in [6, 6.07) is 8.69. The highest BCUT2D eigenvalue weighted by Gasteiger charge is 2.27. The molecule has 0 saturated carbocycles. The van der Waals surface area contributed by atoms with Crippen molar-refractivity contribution in [2.75, 3.05) is 0 Å². The number of hydrogen-bond acceptors (Lipinski definition) is 2. The van der Waals surface area contributed by atoms with Gasteiger partial charge in [-0.1, -0.05) is 58.9 Å². The standard InChI is InChI=1S/C20H26N2/c1-11(2)14-9-15(20(3,4)5)12-7-6-8-13-16(21)10-17(22)19(14)18(12)13/h6-11,16H,21-22H2,1-5H3. The summed E-state index contributed by atoms with van der Waals surface area (Å²) in [5, 5.41) is 2.54. The smallest absolute Gasteiger partial charge is 0.0510 e. The Morgan fingerprint density at radius 2 is 1.82 bits per heavy atom. The van der Waals surface area contributed by atoms with E-state index in [-0.39, 0.29) is 11.5 Å². The Morgan fingerprint density at radius 1 is 1.14 bits per heavy atom. The van der Waals surface area contributed by atoms with Gasteiger partial charge in [0.25, 0.3) is 0 Å². The molecule has 0 bridgehead atoms. The minimum absolute atomic E-state index is 0.0841. The molecule has 2 aromatic carbocycles. The largest absolute Gasteiger partial charge is 0.398 e. The first kappa shape index (κ1) is 15.1. The molecule has 2 aromatic rings. The van der Waals surface area contributed by atoms with Gasteiger partial charge in [-0.05, 0) is 44.9 Å². The Hall–Kier alpha value is -1.80. The molecule has 0 radical (unpaired) electrons. The lowest BCUT2D eigenvalue weighted by molar-refractivity contribution is 0.594. The van der Waals surface area contributed by atoms with Gasteiger partial charge in [0.1, 0.15) is 0 Å². The second-order valence-electron chi connectivity index (χ2n) is 7.71. The van der Waals surface area contributed by atoms with Crippen molar-refractivity contribution in [2.24, 2.45) is 11.5 Å². The summed E-state index contributed by atoms with van der Waals surface area (Å²) < 4.78 is 0. The lowest BCUT2D eigenvalue weighted by atomic mass is 9.76. The molecule has 2 heteroatoms. The first-order chi connectivity index (χ1) is 10.2. The van der Waals surface area contributed by atoms with Crippen LogP contribution in [-0.2, 0) is 5.41 Å². The molecule has 116 valence electrons. The number of rotatable bonds is 1. The number of hydrogen-bond donors (Lipinski definition) is 2. The third-order valence-electron chi connectivity index (χ3n) is 4.66. The van der Waals surface area contributed by atoms with E-state index in [1.54, 1.807) is 0 Å². The molecule has 1 aliphatic carbocycles. The van der Waals surface area contributed by atoms with Gasteiger partial charge in [-0.3, -0.25) is 0 Å². The summed E-state index contributed by atoms with van der Waals surface area (Å²) in [6.07, 6.45) is 1.99. The SMILES string of the molecule is CC(C)c1cc(C(C)(C)C)c2cccc3c2c1C(N)=CC3N. The fraction of sp³-hybridized carbons (Fsp3) is 0.400. The average Bonchev–Trinajstić information content (AvgIpc) is 2.42. The van der Waals surface area contributed by atoms with Crippen LogP contribution in [0.4, 0.5) is 0 Å². The number of nitrogens with two attached hydrogens (primary N) is 2. The van der Waals surface area contributed by atoms with Crippen LogP contribution >= 0.6 is 0 Å². The molecule has 0 amide bonds. The molecule has 0 saturated heterocycles. The van der Waals surface area contributed by atoms with Crippen LogP contribution in [0.5, 0.6) is 0 Å². The van der Waals surface area contributed by atoms with Crippen LogP contribution in [0, 0.1) is 0 Å². The topological polar surface area (TPSA) is 52.0 Å². The molecule has 1 unspecified atom stereocenters. The van der Waals surface area contributed by atoms with E-state index < -0.39 is 0 Å². The fourth-order valence-electron chi connectivity index (χ4n) is 3.55. The maximum absolute atomic E-state index is 6.37. The van der Waals surface area contributed by atoms with Gasteiger partial charge in [-0.15, -0.1) is 0 Å². The summed E-state index contributed by atoms with van der Waals surface area (Å²) in [4.78, 5) is 0. The molecule has 3 rings (SSSR count). The Bertz CT molecular complexity index is 776. The van der Waals surface area contributed by atoms with Crippen LogP contribution < -0.4 is 11.5 Å². The monoisotopic (exact) mass is 294 g/mol. The van der Waals surface area contributed by atoms with Crippen molar-refractivity contribution >= 4 is 16.5 Å². The highest BCUT2D eigenvalue weighted by Crippen LogP contribution is 2.43. The van der Waals surface area contributed by atoms with Crippen LogP contribution in [0.2, 0.25) is 0 Å². The Balaban J connectivity index is 2.54. The van der Waals surface area contributed by atoms with Gasteiger partial charge in [0.15, 0.2) is 0 Å². The zero-order valence-corrected chi connectivity index (χ0v) is 14.2. The Morgan fingerprint density at radius 3 is 2.41 bits per heavy atom. The summed E-state index contributed by atoms with van der Waals surface area (Å²) in [6.45, 7) is 11.3. The minimum Gasteiger partial charge on any atom is -0.398 e. The lowest BCUT2D eigenvalue weighted by Gasteiger charge is -2.30. The first-order valence-corrected chi connectivity index (χ1v) is 8.05. The van der Waals surface area contributed by atoms with E-state index in [1.807, 2.05) is 6.08 Å². The van der Waals surface area contributed by atoms with Crippen molar-refractivity contribution in [1.29, 1.82) is 0 Å². The van der Waals surface area contributed by atoms with Crippen LogP contribution in [-0.4, -0.2) is 0 Å². The molecule has 1 atom stereocenters. The molecule has 0 aromatic heterocycles. The van der Waals surface area contributed by atoms with Crippen molar-refractivity contribution in [3.63, 3.8) is 0 Å². The van der Waals surface area contributed by atoms with Gasteiger partial charge in [-0.2, -0.15) is 0 Å². The molecule has 0 heterocycles. The maximum Gasteiger partial charge on any atom is 0.0510 e. The predicted molar refractivity (Wildman–Crippen MR) is 95.8 cm³/mol. The molecule has 0 spiro atoms. The molecule has 0 aliphatic heterocycles. The van der Waals surface area contributed by atoms with Gasteiger partial charge < -0.3 is 11.5 Å². The van der Waals surface area contributed by atoms with E-state index >= 15 is 0 Å². The Labute approximate surface area is 133 Å². The summed E-state index contributed by atoms with van der Waals surface area (Å²) >= 11 is 0.